The molecule has 0 aliphatic heterocycles. The van der Waals surface area contributed by atoms with Gasteiger partial charge >= 0.3 is 5.97 Å². The largest absolute Gasteiger partial charge is 0.422 e. The van der Waals surface area contributed by atoms with Gasteiger partial charge in [-0.05, 0) is 19.1 Å². The van der Waals surface area contributed by atoms with E-state index in [1.807, 2.05) is 60.7 Å². The molecular formula is C22H19O3P. The first-order valence-corrected chi connectivity index (χ1v) is 9.92. The highest BCUT2D eigenvalue weighted by atomic mass is 31.2. The molecule has 0 bridgehead atoms. The highest BCUT2D eigenvalue weighted by Gasteiger charge is 2.32. The van der Waals surface area contributed by atoms with Gasteiger partial charge < -0.3 is 9.30 Å². The zero-order valence-corrected chi connectivity index (χ0v) is 15.4. The van der Waals surface area contributed by atoms with Crippen LogP contribution in [0.1, 0.15) is 6.92 Å². The molecule has 0 atom stereocenters. The monoisotopic (exact) mass is 362 g/mol. The van der Waals surface area contributed by atoms with Crippen LogP contribution in [0, 0.1) is 0 Å². The quantitative estimate of drug-likeness (QED) is 0.300. The summed E-state index contributed by atoms with van der Waals surface area (Å²) in [4.78, 5) is 12.1. The molecule has 0 aromatic heterocycles. The fourth-order valence-electron chi connectivity index (χ4n) is 2.69. The molecule has 3 aromatic carbocycles. The lowest BCUT2D eigenvalue weighted by Crippen LogP contribution is -2.27. The number of para-hydroxylation sites is 1. The minimum Gasteiger partial charge on any atom is -0.422 e. The number of carbonyl (C=O) groups is 1. The van der Waals surface area contributed by atoms with Gasteiger partial charge in [-0.25, -0.2) is 4.79 Å². The second-order valence-electron chi connectivity index (χ2n) is 5.92. The normalized spacial score (nSPS) is 11.0. The molecule has 4 heteroatoms. The Bertz CT molecular complexity index is 935. The third kappa shape index (κ3) is 3.40. The van der Waals surface area contributed by atoms with E-state index in [0.29, 0.717) is 15.9 Å². The smallest absolute Gasteiger partial charge is 0.338 e. The standard InChI is InChI=1S/C22H19O3P/c1-17(2)22(23)25-20-15-9-10-16-21(20)26(24,18-11-5-3-6-12-18)19-13-7-4-8-14-19/h3-16H,1H2,2H3. The molecular weight excluding hydrogens is 343 g/mol. The molecule has 0 unspecified atom stereocenters. The number of hydrogen-bond acceptors (Lipinski definition) is 3. The highest BCUT2D eigenvalue weighted by molar-refractivity contribution is 7.85. The van der Waals surface area contributed by atoms with Crippen molar-refractivity contribution in [1.29, 1.82) is 0 Å². The van der Waals surface area contributed by atoms with Gasteiger partial charge in [-0.1, -0.05) is 79.4 Å². The molecule has 0 fully saturated rings. The van der Waals surface area contributed by atoms with Gasteiger partial charge in [-0.3, -0.25) is 0 Å². The Hall–Kier alpha value is -2.90. The average molecular weight is 362 g/mol. The lowest BCUT2D eigenvalue weighted by Gasteiger charge is -2.22. The molecule has 0 radical (unpaired) electrons. The van der Waals surface area contributed by atoms with Crippen LogP contribution in [-0.4, -0.2) is 5.97 Å². The molecule has 3 aromatic rings. The number of esters is 1. The Morgan fingerprint density at radius 1 is 0.808 bits per heavy atom. The van der Waals surface area contributed by atoms with Crippen molar-refractivity contribution in [3.8, 4) is 5.75 Å². The van der Waals surface area contributed by atoms with Gasteiger partial charge in [0.25, 0.3) is 0 Å². The predicted octanol–water partition coefficient (Wildman–Crippen LogP) is 3.81. The van der Waals surface area contributed by atoms with Gasteiger partial charge in [0.15, 0.2) is 7.14 Å². The number of rotatable bonds is 5. The van der Waals surface area contributed by atoms with E-state index in [1.54, 1.807) is 31.2 Å². The summed E-state index contributed by atoms with van der Waals surface area (Å²) in [5, 5.41) is 1.86. The Morgan fingerprint density at radius 3 is 1.77 bits per heavy atom. The Morgan fingerprint density at radius 2 is 1.27 bits per heavy atom. The van der Waals surface area contributed by atoms with Gasteiger partial charge in [0.2, 0.25) is 0 Å². The molecule has 26 heavy (non-hydrogen) atoms. The van der Waals surface area contributed by atoms with Gasteiger partial charge in [0, 0.05) is 16.2 Å². The minimum atomic E-state index is -3.21. The molecule has 3 rings (SSSR count). The Kier molecular flexibility index (Phi) is 5.20. The molecule has 3 nitrogen and oxygen atoms in total. The fraction of sp³-hybridized carbons (Fsp3) is 0.0455. The van der Waals surface area contributed by atoms with Crippen LogP contribution in [0.3, 0.4) is 0 Å². The summed E-state index contributed by atoms with van der Waals surface area (Å²) >= 11 is 0. The van der Waals surface area contributed by atoms with Crippen LogP contribution in [0.2, 0.25) is 0 Å². The number of ether oxygens (including phenoxy) is 1. The van der Waals surface area contributed by atoms with E-state index in [0.717, 1.165) is 0 Å². The molecule has 0 heterocycles. The van der Waals surface area contributed by atoms with Crippen molar-refractivity contribution in [2.45, 2.75) is 6.92 Å². The Labute approximate surface area is 153 Å². The lowest BCUT2D eigenvalue weighted by molar-refractivity contribution is -0.130. The summed E-state index contributed by atoms with van der Waals surface area (Å²) in [6.45, 7) is 5.20. The highest BCUT2D eigenvalue weighted by Crippen LogP contribution is 2.45. The van der Waals surface area contributed by atoms with Crippen LogP contribution >= 0.6 is 7.14 Å². The van der Waals surface area contributed by atoms with Crippen molar-refractivity contribution in [1.82, 2.24) is 0 Å². The minimum absolute atomic E-state index is 0.286. The molecule has 0 amide bonds. The fourth-order valence-corrected chi connectivity index (χ4v) is 5.46. The Balaban J connectivity index is 2.24. The summed E-state index contributed by atoms with van der Waals surface area (Å²) < 4.78 is 19.9. The summed E-state index contributed by atoms with van der Waals surface area (Å²) in [5.74, 6) is -0.248. The number of carbonyl (C=O) groups excluding carboxylic acids is 1. The van der Waals surface area contributed by atoms with Crippen LogP contribution in [0.4, 0.5) is 0 Å². The summed E-state index contributed by atoms with van der Waals surface area (Å²) in [5.41, 5.74) is 0.286. The third-order valence-electron chi connectivity index (χ3n) is 4.00. The maximum absolute atomic E-state index is 14.4. The van der Waals surface area contributed by atoms with Crippen molar-refractivity contribution < 1.29 is 14.1 Å². The van der Waals surface area contributed by atoms with Crippen LogP contribution in [0.25, 0.3) is 0 Å². The van der Waals surface area contributed by atoms with Crippen LogP contribution < -0.4 is 20.7 Å². The second kappa shape index (κ2) is 7.55. The van der Waals surface area contributed by atoms with Crippen LogP contribution in [0.15, 0.2) is 97.1 Å². The van der Waals surface area contributed by atoms with Crippen molar-refractivity contribution >= 4 is 29.0 Å². The number of benzene rings is 3. The molecule has 0 saturated carbocycles. The van der Waals surface area contributed by atoms with Crippen molar-refractivity contribution in [2.24, 2.45) is 0 Å². The summed E-state index contributed by atoms with van der Waals surface area (Å²) in [7, 11) is -3.21. The molecule has 0 saturated heterocycles. The van der Waals surface area contributed by atoms with Crippen LogP contribution in [-0.2, 0) is 9.36 Å². The molecule has 0 N–H and O–H groups in total. The topological polar surface area (TPSA) is 43.4 Å². The SMILES string of the molecule is C=C(C)C(=O)Oc1ccccc1P(=O)(c1ccccc1)c1ccccc1. The molecule has 130 valence electrons. The maximum atomic E-state index is 14.4. The van der Waals surface area contributed by atoms with E-state index in [4.69, 9.17) is 4.74 Å². The van der Waals surface area contributed by atoms with E-state index in [9.17, 15) is 9.36 Å². The molecule has 0 spiro atoms. The van der Waals surface area contributed by atoms with E-state index < -0.39 is 13.1 Å². The molecule has 0 aliphatic rings. The van der Waals surface area contributed by atoms with Crippen molar-refractivity contribution in [2.75, 3.05) is 0 Å². The van der Waals surface area contributed by atoms with Crippen molar-refractivity contribution in [3.05, 3.63) is 97.1 Å². The summed E-state index contributed by atoms with van der Waals surface area (Å²) in [6.07, 6.45) is 0. The third-order valence-corrected chi connectivity index (χ3v) is 7.09. The average Bonchev–Trinajstić information content (AvgIpc) is 2.69. The second-order valence-corrected chi connectivity index (χ2v) is 8.65. The van der Waals surface area contributed by atoms with E-state index in [1.165, 1.54) is 0 Å². The molecule has 0 aliphatic carbocycles. The van der Waals surface area contributed by atoms with E-state index in [2.05, 4.69) is 6.58 Å². The van der Waals surface area contributed by atoms with E-state index >= 15 is 0 Å². The summed E-state index contributed by atoms with van der Waals surface area (Å²) in [6, 6.07) is 25.5. The van der Waals surface area contributed by atoms with Gasteiger partial charge in [0.05, 0.1) is 5.30 Å². The lowest BCUT2D eigenvalue weighted by atomic mass is 10.3. The zero-order chi connectivity index (χ0) is 18.6. The van der Waals surface area contributed by atoms with Crippen molar-refractivity contribution in [3.63, 3.8) is 0 Å². The first-order valence-electron chi connectivity index (χ1n) is 8.22. The van der Waals surface area contributed by atoms with Gasteiger partial charge in [-0.2, -0.15) is 0 Å². The van der Waals surface area contributed by atoms with Crippen LogP contribution in [0.5, 0.6) is 5.75 Å². The maximum Gasteiger partial charge on any atom is 0.338 e. The predicted molar refractivity (Wildman–Crippen MR) is 106 cm³/mol. The zero-order valence-electron chi connectivity index (χ0n) is 14.5. The number of hydrogen-bond donors (Lipinski definition) is 0. The first-order chi connectivity index (χ1) is 12.5. The van der Waals surface area contributed by atoms with Gasteiger partial charge in [0.1, 0.15) is 5.75 Å². The van der Waals surface area contributed by atoms with E-state index in [-0.39, 0.29) is 11.3 Å². The van der Waals surface area contributed by atoms with Gasteiger partial charge in [-0.15, -0.1) is 0 Å². The first kappa shape index (κ1) is 17.9.